The van der Waals surface area contributed by atoms with E-state index in [1.165, 1.54) is 11.1 Å². The summed E-state index contributed by atoms with van der Waals surface area (Å²) in [4.78, 5) is 4.01. The first-order chi connectivity index (χ1) is 7.42. The summed E-state index contributed by atoms with van der Waals surface area (Å²) in [6.45, 7) is 0. The molecule has 0 radical (unpaired) electrons. The van der Waals surface area contributed by atoms with Crippen LogP contribution in [0.5, 0.6) is 0 Å². The third kappa shape index (κ3) is 2.05. The average Bonchev–Trinajstić information content (AvgIpc) is 2.31. The molecule has 1 aromatic carbocycles. The molecule has 1 nitrogen and oxygen atoms in total. The molecule has 2 rings (SSSR count). The lowest BCUT2D eigenvalue weighted by Crippen LogP contribution is -1.87. The molecule has 0 fully saturated rings. The van der Waals surface area contributed by atoms with Crippen molar-refractivity contribution in [3.05, 3.63) is 54.4 Å². The van der Waals surface area contributed by atoms with Crippen molar-refractivity contribution in [2.75, 3.05) is 0 Å². The average molecular weight is 193 g/mol. The van der Waals surface area contributed by atoms with E-state index in [1.807, 2.05) is 24.3 Å². The first-order valence-corrected chi connectivity index (χ1v) is 4.83. The zero-order valence-electron chi connectivity index (χ0n) is 8.35. The lowest BCUT2D eigenvalue weighted by molar-refractivity contribution is 1.30. The van der Waals surface area contributed by atoms with Gasteiger partial charge in [0.15, 0.2) is 0 Å². The maximum atomic E-state index is 5.35. The summed E-state index contributed by atoms with van der Waals surface area (Å²) in [5, 5.41) is 0. The van der Waals surface area contributed by atoms with Crippen molar-refractivity contribution in [1.82, 2.24) is 4.98 Å². The first kappa shape index (κ1) is 9.48. The van der Waals surface area contributed by atoms with Crippen LogP contribution < -0.4 is 0 Å². The van der Waals surface area contributed by atoms with Gasteiger partial charge in [0.1, 0.15) is 0 Å². The van der Waals surface area contributed by atoms with Gasteiger partial charge in [-0.05, 0) is 28.8 Å². The van der Waals surface area contributed by atoms with Crippen LogP contribution in [0.25, 0.3) is 11.1 Å². The summed E-state index contributed by atoms with van der Waals surface area (Å²) >= 11 is 0. The molecule has 2 aromatic rings. The molecule has 0 aliphatic rings. The Morgan fingerprint density at radius 2 is 1.80 bits per heavy atom. The van der Waals surface area contributed by atoms with Crippen LogP contribution in [0.2, 0.25) is 0 Å². The van der Waals surface area contributed by atoms with Crippen LogP contribution in [0.15, 0.2) is 48.8 Å². The summed E-state index contributed by atoms with van der Waals surface area (Å²) in [6.07, 6.45) is 9.60. The molecular formula is C14H11N. The van der Waals surface area contributed by atoms with Gasteiger partial charge in [-0.15, -0.1) is 12.3 Å². The molecule has 1 heterocycles. The number of rotatable bonds is 2. The van der Waals surface area contributed by atoms with E-state index in [0.29, 0.717) is 6.42 Å². The topological polar surface area (TPSA) is 12.9 Å². The van der Waals surface area contributed by atoms with E-state index in [-0.39, 0.29) is 0 Å². The molecule has 0 bridgehead atoms. The lowest BCUT2D eigenvalue weighted by atomic mass is 9.99. The molecule has 0 N–H and O–H groups in total. The zero-order valence-corrected chi connectivity index (χ0v) is 8.35. The van der Waals surface area contributed by atoms with Crippen LogP contribution in [0.1, 0.15) is 5.56 Å². The predicted molar refractivity (Wildman–Crippen MR) is 62.2 cm³/mol. The molecule has 1 aromatic heterocycles. The molecule has 0 spiro atoms. The van der Waals surface area contributed by atoms with Crippen molar-refractivity contribution in [1.29, 1.82) is 0 Å². The highest BCUT2D eigenvalue weighted by Crippen LogP contribution is 2.22. The van der Waals surface area contributed by atoms with Gasteiger partial charge < -0.3 is 0 Å². The second-order valence-electron chi connectivity index (χ2n) is 3.27. The summed E-state index contributed by atoms with van der Waals surface area (Å²) in [5.74, 6) is 2.68. The van der Waals surface area contributed by atoms with Gasteiger partial charge in [0.25, 0.3) is 0 Å². The Bertz CT molecular complexity index is 480. The second kappa shape index (κ2) is 4.43. The van der Waals surface area contributed by atoms with Crippen molar-refractivity contribution in [3.63, 3.8) is 0 Å². The Morgan fingerprint density at radius 3 is 2.53 bits per heavy atom. The fourth-order valence-corrected chi connectivity index (χ4v) is 1.60. The standard InChI is InChI=1S/C14H11N/c1-2-5-12-6-3-4-7-14(12)13-8-10-15-11-9-13/h1,3-4,6-11H,5H2. The molecule has 0 atom stereocenters. The van der Waals surface area contributed by atoms with Gasteiger partial charge in [0, 0.05) is 18.8 Å². The van der Waals surface area contributed by atoms with Gasteiger partial charge in [-0.25, -0.2) is 0 Å². The maximum Gasteiger partial charge on any atom is 0.0343 e. The Morgan fingerprint density at radius 1 is 1.07 bits per heavy atom. The number of benzene rings is 1. The number of nitrogens with zero attached hydrogens (tertiary/aromatic N) is 1. The van der Waals surface area contributed by atoms with Gasteiger partial charge in [-0.1, -0.05) is 24.3 Å². The zero-order chi connectivity index (χ0) is 10.5. The van der Waals surface area contributed by atoms with Crippen molar-refractivity contribution in [3.8, 4) is 23.5 Å². The van der Waals surface area contributed by atoms with Crippen LogP contribution >= 0.6 is 0 Å². The van der Waals surface area contributed by atoms with Crippen LogP contribution in [0, 0.1) is 12.3 Å². The summed E-state index contributed by atoms with van der Waals surface area (Å²) in [5.41, 5.74) is 3.54. The van der Waals surface area contributed by atoms with Gasteiger partial charge in [0.05, 0.1) is 0 Å². The SMILES string of the molecule is C#CCc1ccccc1-c1ccncc1. The number of hydrogen-bond acceptors (Lipinski definition) is 1. The summed E-state index contributed by atoms with van der Waals surface area (Å²) in [7, 11) is 0. The first-order valence-electron chi connectivity index (χ1n) is 4.83. The Balaban J connectivity index is 2.49. The minimum absolute atomic E-state index is 0.665. The Hall–Kier alpha value is -2.07. The molecule has 0 saturated heterocycles. The van der Waals surface area contributed by atoms with Gasteiger partial charge in [0.2, 0.25) is 0 Å². The maximum absolute atomic E-state index is 5.35. The van der Waals surface area contributed by atoms with E-state index in [1.54, 1.807) is 12.4 Å². The molecule has 72 valence electrons. The van der Waals surface area contributed by atoms with Gasteiger partial charge in [-0.3, -0.25) is 4.98 Å². The van der Waals surface area contributed by atoms with Crippen molar-refractivity contribution in [2.24, 2.45) is 0 Å². The summed E-state index contributed by atoms with van der Waals surface area (Å²) in [6, 6.07) is 12.2. The molecule has 15 heavy (non-hydrogen) atoms. The molecular weight excluding hydrogens is 182 g/mol. The number of hydrogen-bond donors (Lipinski definition) is 0. The van der Waals surface area contributed by atoms with Crippen molar-refractivity contribution in [2.45, 2.75) is 6.42 Å². The minimum Gasteiger partial charge on any atom is -0.265 e. The molecule has 1 heteroatoms. The van der Waals surface area contributed by atoms with Crippen LogP contribution in [0.4, 0.5) is 0 Å². The fraction of sp³-hybridized carbons (Fsp3) is 0.0714. The Labute approximate surface area is 89.8 Å². The van der Waals surface area contributed by atoms with Gasteiger partial charge >= 0.3 is 0 Å². The minimum atomic E-state index is 0.665. The molecule has 0 amide bonds. The molecule has 0 aliphatic carbocycles. The lowest BCUT2D eigenvalue weighted by Gasteiger charge is -2.06. The van der Waals surface area contributed by atoms with E-state index in [0.717, 1.165) is 5.56 Å². The normalized spacial score (nSPS) is 9.53. The molecule has 0 unspecified atom stereocenters. The molecule has 0 saturated carbocycles. The van der Waals surface area contributed by atoms with Crippen LogP contribution in [0.3, 0.4) is 0 Å². The number of pyridine rings is 1. The highest BCUT2D eigenvalue weighted by atomic mass is 14.6. The monoisotopic (exact) mass is 193 g/mol. The van der Waals surface area contributed by atoms with E-state index in [2.05, 4.69) is 23.0 Å². The van der Waals surface area contributed by atoms with Crippen LogP contribution in [-0.2, 0) is 6.42 Å². The summed E-state index contributed by atoms with van der Waals surface area (Å²) < 4.78 is 0. The van der Waals surface area contributed by atoms with E-state index >= 15 is 0 Å². The van der Waals surface area contributed by atoms with E-state index < -0.39 is 0 Å². The Kier molecular flexibility index (Phi) is 2.80. The predicted octanol–water partition coefficient (Wildman–Crippen LogP) is 2.92. The fourth-order valence-electron chi connectivity index (χ4n) is 1.60. The highest BCUT2D eigenvalue weighted by molar-refractivity contribution is 5.67. The number of terminal acetylenes is 1. The highest BCUT2D eigenvalue weighted by Gasteiger charge is 2.01. The third-order valence-corrected chi connectivity index (χ3v) is 2.30. The van der Waals surface area contributed by atoms with E-state index in [4.69, 9.17) is 6.42 Å². The van der Waals surface area contributed by atoms with Crippen LogP contribution in [-0.4, -0.2) is 4.98 Å². The van der Waals surface area contributed by atoms with Crippen molar-refractivity contribution >= 4 is 0 Å². The quantitative estimate of drug-likeness (QED) is 0.668. The van der Waals surface area contributed by atoms with Gasteiger partial charge in [-0.2, -0.15) is 0 Å². The largest absolute Gasteiger partial charge is 0.265 e. The molecule has 0 aliphatic heterocycles. The third-order valence-electron chi connectivity index (χ3n) is 2.30. The van der Waals surface area contributed by atoms with Crippen molar-refractivity contribution < 1.29 is 0 Å². The second-order valence-corrected chi connectivity index (χ2v) is 3.27. The number of aromatic nitrogens is 1. The smallest absolute Gasteiger partial charge is 0.0343 e. The van der Waals surface area contributed by atoms with E-state index in [9.17, 15) is 0 Å².